The first kappa shape index (κ1) is 21.1. The van der Waals surface area contributed by atoms with Gasteiger partial charge < -0.3 is 10.2 Å². The van der Waals surface area contributed by atoms with E-state index in [1.807, 2.05) is 111 Å². The largest absolute Gasteiger partial charge is 0.325 e. The molecule has 0 fully saturated rings. The Hall–Kier alpha value is -3.66. The van der Waals surface area contributed by atoms with Gasteiger partial charge in [-0.3, -0.25) is 0 Å². The summed E-state index contributed by atoms with van der Waals surface area (Å²) in [5.41, 5.74) is 4.25. The number of urea groups is 1. The van der Waals surface area contributed by atoms with E-state index in [2.05, 4.69) is 5.32 Å². The van der Waals surface area contributed by atoms with Crippen molar-refractivity contribution in [2.24, 2.45) is 4.99 Å². The SMILES string of the molecule is CCN(CC)C(=O)N/C(=C\C(=Nc1ccccc1)c1ccccc1)c1ccccc1. The summed E-state index contributed by atoms with van der Waals surface area (Å²) < 4.78 is 0. The molecule has 3 aromatic rings. The van der Waals surface area contributed by atoms with Crippen LogP contribution in [-0.2, 0) is 0 Å². The first-order valence-electron chi connectivity index (χ1n) is 10.2. The number of nitrogens with zero attached hydrogens (tertiary/aromatic N) is 2. The van der Waals surface area contributed by atoms with Crippen LogP contribution in [0.3, 0.4) is 0 Å². The second kappa shape index (κ2) is 10.8. The van der Waals surface area contributed by atoms with Crippen LogP contribution < -0.4 is 5.32 Å². The van der Waals surface area contributed by atoms with Crippen molar-refractivity contribution in [3.63, 3.8) is 0 Å². The van der Waals surface area contributed by atoms with Crippen LogP contribution in [-0.4, -0.2) is 29.7 Å². The predicted molar refractivity (Wildman–Crippen MR) is 125 cm³/mol. The summed E-state index contributed by atoms with van der Waals surface area (Å²) in [5, 5.41) is 3.09. The number of benzene rings is 3. The van der Waals surface area contributed by atoms with Crippen molar-refractivity contribution in [1.82, 2.24) is 10.2 Å². The summed E-state index contributed by atoms with van der Waals surface area (Å²) in [6.45, 7) is 5.24. The molecule has 2 amide bonds. The van der Waals surface area contributed by atoms with E-state index in [-0.39, 0.29) is 6.03 Å². The molecule has 0 spiro atoms. The maximum atomic E-state index is 12.8. The quantitative estimate of drug-likeness (QED) is 0.496. The topological polar surface area (TPSA) is 44.7 Å². The number of carbonyl (C=O) groups is 1. The summed E-state index contributed by atoms with van der Waals surface area (Å²) in [6, 6.07) is 29.6. The van der Waals surface area contributed by atoms with Gasteiger partial charge in [0.2, 0.25) is 0 Å². The number of hydrogen-bond acceptors (Lipinski definition) is 2. The highest BCUT2D eigenvalue weighted by Crippen LogP contribution is 2.18. The zero-order chi connectivity index (χ0) is 21.2. The van der Waals surface area contributed by atoms with Crippen LogP contribution in [0.4, 0.5) is 10.5 Å². The molecule has 0 saturated heterocycles. The Balaban J connectivity index is 2.08. The van der Waals surface area contributed by atoms with Crippen LogP contribution in [0, 0.1) is 0 Å². The molecule has 0 radical (unpaired) electrons. The lowest BCUT2D eigenvalue weighted by molar-refractivity contribution is 0.208. The fraction of sp³-hybridized carbons (Fsp3) is 0.154. The molecule has 0 bridgehead atoms. The number of aliphatic imine (C=N–C) groups is 1. The second-order valence-corrected chi connectivity index (χ2v) is 6.73. The smallest absolute Gasteiger partial charge is 0.321 e. The maximum Gasteiger partial charge on any atom is 0.321 e. The third-order valence-electron chi connectivity index (χ3n) is 4.73. The Morgan fingerprint density at radius 1 is 0.800 bits per heavy atom. The standard InChI is InChI=1S/C26H27N3O/c1-3-29(4-2)26(30)28-25(22-16-10-6-11-17-22)20-24(21-14-8-5-9-15-21)27-23-18-12-7-13-19-23/h5-20H,3-4H2,1-2H3,(H,28,30)/b25-20-,27-24?. The molecule has 152 valence electrons. The van der Waals surface area contributed by atoms with E-state index in [0.29, 0.717) is 18.8 Å². The van der Waals surface area contributed by atoms with Gasteiger partial charge in [0, 0.05) is 18.7 Å². The van der Waals surface area contributed by atoms with Gasteiger partial charge in [-0.05, 0) is 37.6 Å². The second-order valence-electron chi connectivity index (χ2n) is 6.73. The van der Waals surface area contributed by atoms with Crippen molar-refractivity contribution in [1.29, 1.82) is 0 Å². The molecule has 0 aromatic heterocycles. The lowest BCUT2D eigenvalue weighted by atomic mass is 10.1. The van der Waals surface area contributed by atoms with Gasteiger partial charge in [0.25, 0.3) is 0 Å². The van der Waals surface area contributed by atoms with Crippen LogP contribution in [0.1, 0.15) is 25.0 Å². The Morgan fingerprint density at radius 3 is 1.83 bits per heavy atom. The van der Waals surface area contributed by atoms with E-state index in [0.717, 1.165) is 22.5 Å². The fourth-order valence-corrected chi connectivity index (χ4v) is 3.08. The zero-order valence-electron chi connectivity index (χ0n) is 17.5. The minimum atomic E-state index is -0.123. The number of hydrogen-bond donors (Lipinski definition) is 1. The van der Waals surface area contributed by atoms with Gasteiger partial charge >= 0.3 is 6.03 Å². The molecular formula is C26H27N3O. The Kier molecular flexibility index (Phi) is 7.56. The average molecular weight is 398 g/mol. The summed E-state index contributed by atoms with van der Waals surface area (Å²) in [6.07, 6.45) is 1.94. The number of allylic oxidation sites excluding steroid dienone is 1. The van der Waals surface area contributed by atoms with Crippen molar-refractivity contribution in [3.8, 4) is 0 Å². The van der Waals surface area contributed by atoms with Gasteiger partial charge in [-0.15, -0.1) is 0 Å². The molecule has 0 aliphatic carbocycles. The first-order valence-corrected chi connectivity index (χ1v) is 10.2. The predicted octanol–water partition coefficient (Wildman–Crippen LogP) is 5.90. The van der Waals surface area contributed by atoms with Gasteiger partial charge in [0.1, 0.15) is 0 Å². The van der Waals surface area contributed by atoms with E-state index in [4.69, 9.17) is 4.99 Å². The molecule has 0 aliphatic heterocycles. The van der Waals surface area contributed by atoms with Crippen LogP contribution in [0.5, 0.6) is 0 Å². The van der Waals surface area contributed by atoms with Crippen molar-refractivity contribution in [3.05, 3.63) is 108 Å². The number of amides is 2. The fourth-order valence-electron chi connectivity index (χ4n) is 3.08. The van der Waals surface area contributed by atoms with E-state index >= 15 is 0 Å². The molecule has 3 rings (SSSR count). The molecular weight excluding hydrogens is 370 g/mol. The van der Waals surface area contributed by atoms with E-state index in [1.165, 1.54) is 0 Å². The molecule has 1 N–H and O–H groups in total. The number of carbonyl (C=O) groups excluding carboxylic acids is 1. The number of para-hydroxylation sites is 1. The van der Waals surface area contributed by atoms with Gasteiger partial charge in [0.15, 0.2) is 0 Å². The summed E-state index contributed by atoms with van der Waals surface area (Å²) in [4.78, 5) is 19.4. The van der Waals surface area contributed by atoms with Gasteiger partial charge in [-0.1, -0.05) is 78.9 Å². The molecule has 4 heteroatoms. The van der Waals surface area contributed by atoms with Crippen molar-refractivity contribution in [2.75, 3.05) is 13.1 Å². The first-order chi connectivity index (χ1) is 14.7. The normalized spacial score (nSPS) is 11.8. The Bertz CT molecular complexity index is 992. The minimum Gasteiger partial charge on any atom is -0.325 e. The molecule has 0 saturated carbocycles. The molecule has 3 aromatic carbocycles. The van der Waals surface area contributed by atoms with Crippen molar-refractivity contribution in [2.45, 2.75) is 13.8 Å². The van der Waals surface area contributed by atoms with E-state index in [9.17, 15) is 4.79 Å². The Labute approximate surface area is 178 Å². The third kappa shape index (κ3) is 5.67. The highest BCUT2D eigenvalue weighted by Gasteiger charge is 2.13. The molecule has 0 aliphatic rings. The highest BCUT2D eigenvalue weighted by molar-refractivity contribution is 6.13. The zero-order valence-corrected chi connectivity index (χ0v) is 17.5. The van der Waals surface area contributed by atoms with Crippen molar-refractivity contribution < 1.29 is 4.79 Å². The van der Waals surface area contributed by atoms with E-state index in [1.54, 1.807) is 4.90 Å². The van der Waals surface area contributed by atoms with Crippen LogP contribution >= 0.6 is 0 Å². The monoisotopic (exact) mass is 397 g/mol. The maximum absolute atomic E-state index is 12.8. The average Bonchev–Trinajstić information content (AvgIpc) is 2.81. The third-order valence-corrected chi connectivity index (χ3v) is 4.73. The highest BCUT2D eigenvalue weighted by atomic mass is 16.2. The molecule has 0 atom stereocenters. The molecule has 0 unspecified atom stereocenters. The summed E-state index contributed by atoms with van der Waals surface area (Å²) in [5.74, 6) is 0. The van der Waals surface area contributed by atoms with E-state index < -0.39 is 0 Å². The number of rotatable bonds is 7. The minimum absolute atomic E-state index is 0.123. The molecule has 4 nitrogen and oxygen atoms in total. The van der Waals surface area contributed by atoms with Gasteiger partial charge in [-0.2, -0.15) is 0 Å². The van der Waals surface area contributed by atoms with Gasteiger partial charge in [-0.25, -0.2) is 9.79 Å². The van der Waals surface area contributed by atoms with Crippen LogP contribution in [0.15, 0.2) is 102 Å². The van der Waals surface area contributed by atoms with Crippen molar-refractivity contribution >= 4 is 23.1 Å². The summed E-state index contributed by atoms with van der Waals surface area (Å²) in [7, 11) is 0. The molecule has 30 heavy (non-hydrogen) atoms. The summed E-state index contributed by atoms with van der Waals surface area (Å²) >= 11 is 0. The van der Waals surface area contributed by atoms with Crippen LogP contribution in [0.25, 0.3) is 5.70 Å². The van der Waals surface area contributed by atoms with Gasteiger partial charge in [0.05, 0.1) is 17.1 Å². The lowest BCUT2D eigenvalue weighted by Gasteiger charge is -2.21. The lowest BCUT2D eigenvalue weighted by Crippen LogP contribution is -2.39. The van der Waals surface area contributed by atoms with Crippen LogP contribution in [0.2, 0.25) is 0 Å². The Morgan fingerprint density at radius 2 is 1.30 bits per heavy atom. The molecule has 0 heterocycles. The number of nitrogens with one attached hydrogen (secondary N) is 1.